The van der Waals surface area contributed by atoms with Gasteiger partial charge in [-0.05, 0) is 12.1 Å². The maximum absolute atomic E-state index is 13.0. The molecular weight excluding hydrogens is 200 g/mol. The molecule has 0 atom stereocenters. The Morgan fingerprint density at radius 1 is 1.20 bits per heavy atom. The summed E-state index contributed by atoms with van der Waals surface area (Å²) in [5, 5.41) is 9.41. The second-order valence-corrected chi connectivity index (χ2v) is 3.03. The van der Waals surface area contributed by atoms with Gasteiger partial charge in [-0.3, -0.25) is 4.98 Å². The van der Waals surface area contributed by atoms with Crippen molar-refractivity contribution in [2.24, 2.45) is 0 Å². The molecule has 2 nitrogen and oxygen atoms in total. The van der Waals surface area contributed by atoms with Crippen molar-refractivity contribution < 1.29 is 13.9 Å². The molecule has 1 heterocycles. The summed E-state index contributed by atoms with van der Waals surface area (Å²) in [7, 11) is 0. The number of phenols is 1. The standard InChI is InChI=1S/C11H7F2NO/c12-8-4-9(11(15)10(13)5-8)7-2-1-3-14-6-7/h1-6,15H. The Hall–Kier alpha value is -1.97. The lowest BCUT2D eigenvalue weighted by Crippen LogP contribution is -1.87. The first-order chi connectivity index (χ1) is 7.18. The molecule has 0 spiro atoms. The summed E-state index contributed by atoms with van der Waals surface area (Å²) >= 11 is 0. The lowest BCUT2D eigenvalue weighted by molar-refractivity contribution is 0.430. The van der Waals surface area contributed by atoms with Gasteiger partial charge in [0.2, 0.25) is 0 Å². The van der Waals surface area contributed by atoms with Crippen molar-refractivity contribution in [3.63, 3.8) is 0 Å². The largest absolute Gasteiger partial charge is 0.504 e. The van der Waals surface area contributed by atoms with Crippen LogP contribution in [0.15, 0.2) is 36.7 Å². The number of rotatable bonds is 1. The fraction of sp³-hybridized carbons (Fsp3) is 0. The normalized spacial score (nSPS) is 10.3. The van der Waals surface area contributed by atoms with Crippen LogP contribution in [0.2, 0.25) is 0 Å². The highest BCUT2D eigenvalue weighted by Crippen LogP contribution is 2.31. The third-order valence-corrected chi connectivity index (χ3v) is 2.00. The summed E-state index contributed by atoms with van der Waals surface area (Å²) in [4.78, 5) is 3.81. The van der Waals surface area contributed by atoms with E-state index < -0.39 is 17.4 Å². The molecule has 2 aromatic rings. The van der Waals surface area contributed by atoms with Crippen molar-refractivity contribution in [2.75, 3.05) is 0 Å². The van der Waals surface area contributed by atoms with Gasteiger partial charge in [-0.15, -0.1) is 0 Å². The minimum absolute atomic E-state index is 0.0978. The average molecular weight is 207 g/mol. The summed E-state index contributed by atoms with van der Waals surface area (Å²) in [6, 6.07) is 4.93. The Balaban J connectivity index is 2.63. The Bertz CT molecular complexity index is 485. The fourth-order valence-electron chi connectivity index (χ4n) is 1.31. The zero-order chi connectivity index (χ0) is 10.8. The molecule has 4 heteroatoms. The van der Waals surface area contributed by atoms with E-state index in [-0.39, 0.29) is 5.56 Å². The molecule has 0 fully saturated rings. The van der Waals surface area contributed by atoms with Crippen molar-refractivity contribution in [1.82, 2.24) is 4.98 Å². The van der Waals surface area contributed by atoms with Gasteiger partial charge in [0.15, 0.2) is 11.6 Å². The predicted octanol–water partition coefficient (Wildman–Crippen LogP) is 2.73. The lowest BCUT2D eigenvalue weighted by Gasteiger charge is -2.05. The van der Waals surface area contributed by atoms with Crippen LogP contribution >= 0.6 is 0 Å². The quantitative estimate of drug-likeness (QED) is 0.779. The molecule has 0 saturated heterocycles. The lowest BCUT2D eigenvalue weighted by atomic mass is 10.1. The molecular formula is C11H7F2NO. The molecule has 2 rings (SSSR count). The van der Waals surface area contributed by atoms with E-state index in [0.29, 0.717) is 11.6 Å². The van der Waals surface area contributed by atoms with Gasteiger partial charge in [0, 0.05) is 29.6 Å². The van der Waals surface area contributed by atoms with Crippen LogP contribution in [-0.4, -0.2) is 10.1 Å². The zero-order valence-electron chi connectivity index (χ0n) is 7.61. The SMILES string of the molecule is Oc1c(F)cc(F)cc1-c1cccnc1. The molecule has 1 aromatic heterocycles. The van der Waals surface area contributed by atoms with Crippen LogP contribution in [0.5, 0.6) is 5.75 Å². The van der Waals surface area contributed by atoms with Crippen LogP contribution < -0.4 is 0 Å². The highest BCUT2D eigenvalue weighted by atomic mass is 19.1. The molecule has 1 N–H and O–H groups in total. The second-order valence-electron chi connectivity index (χ2n) is 3.03. The maximum Gasteiger partial charge on any atom is 0.168 e. The first kappa shape index (κ1) is 9.58. The first-order valence-electron chi connectivity index (χ1n) is 4.27. The predicted molar refractivity (Wildman–Crippen MR) is 51.3 cm³/mol. The fourth-order valence-corrected chi connectivity index (χ4v) is 1.31. The topological polar surface area (TPSA) is 33.1 Å². The van der Waals surface area contributed by atoms with Gasteiger partial charge < -0.3 is 5.11 Å². The minimum atomic E-state index is -0.978. The molecule has 0 radical (unpaired) electrons. The average Bonchev–Trinajstić information content (AvgIpc) is 2.24. The molecule has 0 unspecified atom stereocenters. The number of halogens is 2. The van der Waals surface area contributed by atoms with Crippen LogP contribution in [0.4, 0.5) is 8.78 Å². The zero-order valence-corrected chi connectivity index (χ0v) is 7.61. The van der Waals surface area contributed by atoms with Crippen LogP contribution in [0.3, 0.4) is 0 Å². The summed E-state index contributed by atoms with van der Waals surface area (Å²) in [5.74, 6) is -2.28. The molecule has 0 aliphatic rings. The highest BCUT2D eigenvalue weighted by molar-refractivity contribution is 5.69. The Morgan fingerprint density at radius 3 is 2.67 bits per heavy atom. The van der Waals surface area contributed by atoms with Gasteiger partial charge in [0.25, 0.3) is 0 Å². The summed E-state index contributed by atoms with van der Waals surface area (Å²) < 4.78 is 25.9. The maximum atomic E-state index is 13.0. The first-order valence-corrected chi connectivity index (χ1v) is 4.27. The van der Waals surface area contributed by atoms with Crippen molar-refractivity contribution in [3.8, 4) is 16.9 Å². The minimum Gasteiger partial charge on any atom is -0.504 e. The number of nitrogens with zero attached hydrogens (tertiary/aromatic N) is 1. The van der Waals surface area contributed by atoms with Gasteiger partial charge in [0.1, 0.15) is 5.82 Å². The number of benzene rings is 1. The Labute approximate surface area is 84.8 Å². The van der Waals surface area contributed by atoms with E-state index >= 15 is 0 Å². The summed E-state index contributed by atoms with van der Waals surface area (Å²) in [6.45, 7) is 0. The molecule has 0 saturated carbocycles. The van der Waals surface area contributed by atoms with E-state index in [2.05, 4.69) is 4.98 Å². The van der Waals surface area contributed by atoms with Crippen molar-refractivity contribution in [1.29, 1.82) is 0 Å². The van der Waals surface area contributed by atoms with Crippen LogP contribution in [0.1, 0.15) is 0 Å². The molecule has 15 heavy (non-hydrogen) atoms. The Kier molecular flexibility index (Phi) is 2.33. The monoisotopic (exact) mass is 207 g/mol. The van der Waals surface area contributed by atoms with Gasteiger partial charge in [-0.25, -0.2) is 8.78 Å². The molecule has 0 aliphatic heterocycles. The smallest absolute Gasteiger partial charge is 0.168 e. The van der Waals surface area contributed by atoms with E-state index in [1.165, 1.54) is 12.4 Å². The molecule has 0 amide bonds. The molecule has 0 aliphatic carbocycles. The van der Waals surface area contributed by atoms with E-state index in [1.54, 1.807) is 12.1 Å². The van der Waals surface area contributed by atoms with E-state index in [1.807, 2.05) is 0 Å². The summed E-state index contributed by atoms with van der Waals surface area (Å²) in [6.07, 6.45) is 2.96. The van der Waals surface area contributed by atoms with Crippen LogP contribution in [0.25, 0.3) is 11.1 Å². The van der Waals surface area contributed by atoms with E-state index in [4.69, 9.17) is 0 Å². The van der Waals surface area contributed by atoms with Crippen molar-refractivity contribution in [2.45, 2.75) is 0 Å². The summed E-state index contributed by atoms with van der Waals surface area (Å²) in [5.41, 5.74) is 0.564. The highest BCUT2D eigenvalue weighted by Gasteiger charge is 2.11. The third-order valence-electron chi connectivity index (χ3n) is 2.00. The van der Waals surface area contributed by atoms with Gasteiger partial charge in [-0.2, -0.15) is 0 Å². The van der Waals surface area contributed by atoms with E-state index in [9.17, 15) is 13.9 Å². The number of pyridine rings is 1. The van der Waals surface area contributed by atoms with Crippen molar-refractivity contribution >= 4 is 0 Å². The van der Waals surface area contributed by atoms with Crippen LogP contribution in [0, 0.1) is 11.6 Å². The van der Waals surface area contributed by atoms with E-state index in [0.717, 1.165) is 6.07 Å². The Morgan fingerprint density at radius 2 is 2.00 bits per heavy atom. The number of hydrogen-bond acceptors (Lipinski definition) is 2. The number of hydrogen-bond donors (Lipinski definition) is 1. The molecule has 1 aromatic carbocycles. The van der Waals surface area contributed by atoms with Crippen molar-refractivity contribution in [3.05, 3.63) is 48.3 Å². The van der Waals surface area contributed by atoms with Gasteiger partial charge in [-0.1, -0.05) is 6.07 Å². The van der Waals surface area contributed by atoms with Gasteiger partial charge in [0.05, 0.1) is 0 Å². The number of aromatic hydroxyl groups is 1. The van der Waals surface area contributed by atoms with Crippen LogP contribution in [-0.2, 0) is 0 Å². The molecule has 0 bridgehead atoms. The number of aromatic nitrogens is 1. The second kappa shape index (κ2) is 3.65. The number of phenolic OH excluding ortho intramolecular Hbond substituents is 1. The molecule has 76 valence electrons. The van der Waals surface area contributed by atoms with Gasteiger partial charge >= 0.3 is 0 Å². The third kappa shape index (κ3) is 1.79.